The molecule has 0 atom stereocenters. The summed E-state index contributed by atoms with van der Waals surface area (Å²) in [7, 11) is 0. The molecule has 1 saturated heterocycles. The van der Waals surface area contributed by atoms with Crippen molar-refractivity contribution in [2.24, 2.45) is 0 Å². The van der Waals surface area contributed by atoms with E-state index in [1.165, 1.54) is 28.7 Å². The number of urea groups is 1. The summed E-state index contributed by atoms with van der Waals surface area (Å²) >= 11 is 0. The smallest absolute Gasteiger partial charge is 0.317 e. The lowest BCUT2D eigenvalue weighted by Crippen LogP contribution is -2.49. The van der Waals surface area contributed by atoms with Crippen molar-refractivity contribution in [1.82, 2.24) is 15.2 Å². The van der Waals surface area contributed by atoms with Crippen LogP contribution in [0.2, 0.25) is 0 Å². The molecule has 26 heavy (non-hydrogen) atoms. The van der Waals surface area contributed by atoms with Gasteiger partial charge in [0.2, 0.25) is 0 Å². The molecule has 4 heteroatoms. The van der Waals surface area contributed by atoms with Gasteiger partial charge in [-0.25, -0.2) is 4.79 Å². The van der Waals surface area contributed by atoms with Gasteiger partial charge in [-0.1, -0.05) is 18.2 Å². The van der Waals surface area contributed by atoms with Gasteiger partial charge in [0.25, 0.3) is 0 Å². The average molecular weight is 349 g/mol. The summed E-state index contributed by atoms with van der Waals surface area (Å²) in [6.45, 7) is 5.71. The molecule has 2 heterocycles. The third-order valence-electron chi connectivity index (χ3n) is 5.99. The Morgan fingerprint density at radius 3 is 2.50 bits per heavy atom. The zero-order chi connectivity index (χ0) is 18.1. The Bertz CT molecular complexity index is 792. The van der Waals surface area contributed by atoms with Gasteiger partial charge in [-0.3, -0.25) is 4.98 Å². The summed E-state index contributed by atoms with van der Waals surface area (Å²) in [6, 6.07) is 11.3. The van der Waals surface area contributed by atoms with Crippen molar-refractivity contribution in [2.45, 2.75) is 51.0 Å². The summed E-state index contributed by atoms with van der Waals surface area (Å²) in [5, 5.41) is 3.02. The summed E-state index contributed by atoms with van der Waals surface area (Å²) in [5.74, 6) is 0. The standard InChI is InChI=1S/C22H27N3O/c1-16(2)24-21(26)25-13-9-22(10-14-25)8-5-18-3-4-19(15-20(18)22)17-6-11-23-12-7-17/h3-4,6-7,11-12,15-16H,5,8-10,13-14H2,1-2H3,(H,24,26). The number of aryl methyl sites for hydroxylation is 1. The third kappa shape index (κ3) is 3.09. The quantitative estimate of drug-likeness (QED) is 0.885. The SMILES string of the molecule is CC(C)NC(=O)N1CCC2(CCc3ccc(-c4ccncc4)cc32)CC1. The largest absolute Gasteiger partial charge is 0.336 e. The minimum atomic E-state index is 0.0820. The molecule has 0 bridgehead atoms. The fourth-order valence-electron chi connectivity index (χ4n) is 4.52. The maximum atomic E-state index is 12.3. The zero-order valence-electron chi connectivity index (χ0n) is 15.7. The van der Waals surface area contributed by atoms with Crippen molar-refractivity contribution in [3.63, 3.8) is 0 Å². The van der Waals surface area contributed by atoms with Crippen LogP contribution in [-0.2, 0) is 11.8 Å². The molecule has 0 saturated carbocycles. The molecule has 0 unspecified atom stereocenters. The molecule has 4 rings (SSSR count). The van der Waals surface area contributed by atoms with Crippen molar-refractivity contribution in [3.8, 4) is 11.1 Å². The Morgan fingerprint density at radius 2 is 1.81 bits per heavy atom. The van der Waals surface area contributed by atoms with Gasteiger partial charge in [0.05, 0.1) is 0 Å². The number of rotatable bonds is 2. The predicted molar refractivity (Wildman–Crippen MR) is 104 cm³/mol. The maximum absolute atomic E-state index is 12.3. The molecular formula is C22H27N3O. The molecule has 1 aliphatic carbocycles. The molecule has 1 spiro atoms. The number of piperidine rings is 1. The normalized spacial score (nSPS) is 18.2. The van der Waals surface area contributed by atoms with Crippen molar-refractivity contribution in [2.75, 3.05) is 13.1 Å². The number of likely N-dealkylation sites (tertiary alicyclic amines) is 1. The highest BCUT2D eigenvalue weighted by atomic mass is 16.2. The number of fused-ring (bicyclic) bond motifs is 2. The van der Waals surface area contributed by atoms with Gasteiger partial charge in [-0.2, -0.15) is 0 Å². The molecule has 2 aromatic rings. The summed E-state index contributed by atoms with van der Waals surface area (Å²) in [4.78, 5) is 18.4. The highest BCUT2D eigenvalue weighted by molar-refractivity contribution is 5.74. The van der Waals surface area contributed by atoms with Gasteiger partial charge in [-0.15, -0.1) is 0 Å². The van der Waals surface area contributed by atoms with Gasteiger partial charge in [-0.05, 0) is 79.3 Å². The van der Waals surface area contributed by atoms with Crippen molar-refractivity contribution < 1.29 is 4.79 Å². The van der Waals surface area contributed by atoms with Crippen LogP contribution in [0.3, 0.4) is 0 Å². The van der Waals surface area contributed by atoms with E-state index < -0.39 is 0 Å². The van der Waals surface area contributed by atoms with E-state index in [9.17, 15) is 4.79 Å². The van der Waals surface area contributed by atoms with E-state index in [0.717, 1.165) is 32.4 Å². The summed E-state index contributed by atoms with van der Waals surface area (Å²) in [6.07, 6.45) is 8.19. The molecule has 2 aliphatic rings. The Balaban J connectivity index is 1.55. The Kier molecular flexibility index (Phi) is 4.43. The monoisotopic (exact) mass is 349 g/mol. The number of benzene rings is 1. The van der Waals surface area contributed by atoms with Gasteiger partial charge in [0.15, 0.2) is 0 Å². The number of aromatic nitrogens is 1. The third-order valence-corrected chi connectivity index (χ3v) is 5.99. The second-order valence-electron chi connectivity index (χ2n) is 7.98. The first-order chi connectivity index (χ1) is 12.6. The molecule has 4 nitrogen and oxygen atoms in total. The number of carbonyl (C=O) groups excluding carboxylic acids is 1. The van der Waals surface area contributed by atoms with E-state index in [1.807, 2.05) is 31.1 Å². The van der Waals surface area contributed by atoms with Crippen molar-refractivity contribution in [3.05, 3.63) is 53.9 Å². The van der Waals surface area contributed by atoms with Crippen LogP contribution in [-0.4, -0.2) is 35.0 Å². The first-order valence-corrected chi connectivity index (χ1v) is 9.67. The number of nitrogens with one attached hydrogen (secondary N) is 1. The highest BCUT2D eigenvalue weighted by Crippen LogP contribution is 2.47. The number of pyridine rings is 1. The summed E-state index contributed by atoms with van der Waals surface area (Å²) < 4.78 is 0. The van der Waals surface area contributed by atoms with Crippen LogP contribution in [0.1, 0.15) is 44.2 Å². The van der Waals surface area contributed by atoms with Gasteiger partial charge in [0.1, 0.15) is 0 Å². The van der Waals surface area contributed by atoms with E-state index in [4.69, 9.17) is 0 Å². The van der Waals surface area contributed by atoms with E-state index in [-0.39, 0.29) is 17.5 Å². The fraction of sp³-hybridized carbons (Fsp3) is 0.455. The zero-order valence-corrected chi connectivity index (χ0v) is 15.7. The molecule has 0 radical (unpaired) electrons. The van der Waals surface area contributed by atoms with Gasteiger partial charge < -0.3 is 10.2 Å². The number of hydrogen-bond acceptors (Lipinski definition) is 2. The molecule has 1 aromatic carbocycles. The van der Waals surface area contributed by atoms with E-state index in [1.54, 1.807) is 0 Å². The molecule has 1 aliphatic heterocycles. The number of hydrogen-bond donors (Lipinski definition) is 1. The second kappa shape index (κ2) is 6.75. The van der Waals surface area contributed by atoms with Crippen molar-refractivity contribution >= 4 is 6.03 Å². The number of carbonyl (C=O) groups is 1. The van der Waals surface area contributed by atoms with E-state index in [2.05, 4.69) is 40.6 Å². The van der Waals surface area contributed by atoms with Crippen LogP contribution < -0.4 is 5.32 Å². The molecule has 1 N–H and O–H groups in total. The molecular weight excluding hydrogens is 322 g/mol. The predicted octanol–water partition coefficient (Wildman–Crippen LogP) is 4.15. The first kappa shape index (κ1) is 17.1. The van der Waals surface area contributed by atoms with Crippen LogP contribution in [0.4, 0.5) is 4.79 Å². The van der Waals surface area contributed by atoms with Crippen LogP contribution in [0, 0.1) is 0 Å². The Labute approximate surface area is 155 Å². The fourth-order valence-corrected chi connectivity index (χ4v) is 4.52. The van der Waals surface area contributed by atoms with E-state index >= 15 is 0 Å². The topological polar surface area (TPSA) is 45.2 Å². The molecule has 1 fully saturated rings. The van der Waals surface area contributed by atoms with Crippen LogP contribution >= 0.6 is 0 Å². The second-order valence-corrected chi connectivity index (χ2v) is 7.98. The Hall–Kier alpha value is -2.36. The lowest BCUT2D eigenvalue weighted by Gasteiger charge is -2.40. The lowest BCUT2D eigenvalue weighted by molar-refractivity contribution is 0.155. The van der Waals surface area contributed by atoms with Crippen LogP contribution in [0.25, 0.3) is 11.1 Å². The molecule has 136 valence electrons. The minimum Gasteiger partial charge on any atom is -0.336 e. The molecule has 1 aromatic heterocycles. The highest BCUT2D eigenvalue weighted by Gasteiger charge is 2.42. The maximum Gasteiger partial charge on any atom is 0.317 e. The lowest BCUT2D eigenvalue weighted by atomic mass is 9.73. The Morgan fingerprint density at radius 1 is 1.08 bits per heavy atom. The van der Waals surface area contributed by atoms with Gasteiger partial charge >= 0.3 is 6.03 Å². The minimum absolute atomic E-state index is 0.0820. The number of nitrogens with zero attached hydrogens (tertiary/aromatic N) is 2. The number of amides is 2. The van der Waals surface area contributed by atoms with Crippen LogP contribution in [0.15, 0.2) is 42.7 Å². The van der Waals surface area contributed by atoms with E-state index in [0.29, 0.717) is 0 Å². The average Bonchev–Trinajstić information content (AvgIpc) is 3.00. The van der Waals surface area contributed by atoms with Gasteiger partial charge in [0, 0.05) is 31.5 Å². The van der Waals surface area contributed by atoms with Crippen LogP contribution in [0.5, 0.6) is 0 Å². The first-order valence-electron chi connectivity index (χ1n) is 9.67. The summed E-state index contributed by atoms with van der Waals surface area (Å²) in [5.41, 5.74) is 5.73. The van der Waals surface area contributed by atoms with Crippen molar-refractivity contribution in [1.29, 1.82) is 0 Å². The molecule has 2 amide bonds.